The van der Waals surface area contributed by atoms with E-state index >= 15 is 0 Å². The molecule has 1 aromatic carbocycles. The van der Waals surface area contributed by atoms with Gasteiger partial charge in [0, 0.05) is 16.9 Å². The number of nitrogens with one attached hydrogen (secondary N) is 2. The van der Waals surface area contributed by atoms with Gasteiger partial charge in [0.2, 0.25) is 0 Å². The number of hydrogen-bond donors (Lipinski definition) is 2. The van der Waals surface area contributed by atoms with E-state index in [1.54, 1.807) is 25.3 Å². The Kier molecular flexibility index (Phi) is 4.35. The van der Waals surface area contributed by atoms with Crippen LogP contribution in [0.15, 0.2) is 29.4 Å². The van der Waals surface area contributed by atoms with Gasteiger partial charge in [0.05, 0.1) is 0 Å². The maximum absolute atomic E-state index is 5.73. The van der Waals surface area contributed by atoms with Crippen LogP contribution >= 0.6 is 23.8 Å². The molecular formula is C9H10ClN3S. The van der Waals surface area contributed by atoms with E-state index < -0.39 is 0 Å². The van der Waals surface area contributed by atoms with Crippen molar-refractivity contribution >= 4 is 40.8 Å². The third-order valence-corrected chi connectivity index (χ3v) is 1.84. The second kappa shape index (κ2) is 5.57. The van der Waals surface area contributed by atoms with E-state index in [9.17, 15) is 0 Å². The summed E-state index contributed by atoms with van der Waals surface area (Å²) < 4.78 is 0. The van der Waals surface area contributed by atoms with Crippen LogP contribution in [0.3, 0.4) is 0 Å². The maximum Gasteiger partial charge on any atom is 0.191 e. The summed E-state index contributed by atoms with van der Waals surface area (Å²) in [5, 5.41) is 7.88. The van der Waals surface area contributed by atoms with Gasteiger partial charge in [0.25, 0.3) is 0 Å². The first-order valence-corrected chi connectivity index (χ1v) is 4.81. The standard InChI is InChI=1S/C9H10ClN3S/c1-2-11-13-9(14)12-8-5-3-7(10)4-6-8/h2-6H,1H3,(H2,12,13,14). The van der Waals surface area contributed by atoms with Crippen LogP contribution in [0.25, 0.3) is 0 Å². The number of rotatable bonds is 2. The van der Waals surface area contributed by atoms with Crippen molar-refractivity contribution in [3.8, 4) is 0 Å². The van der Waals surface area contributed by atoms with Gasteiger partial charge in [-0.2, -0.15) is 5.10 Å². The van der Waals surface area contributed by atoms with E-state index in [2.05, 4.69) is 15.8 Å². The molecule has 0 atom stereocenters. The number of halogens is 1. The quantitative estimate of drug-likeness (QED) is 0.463. The minimum Gasteiger partial charge on any atom is -0.331 e. The molecule has 0 aromatic heterocycles. The highest BCUT2D eigenvalue weighted by Crippen LogP contribution is 2.12. The maximum atomic E-state index is 5.73. The zero-order valence-corrected chi connectivity index (χ0v) is 9.19. The third kappa shape index (κ3) is 3.72. The molecule has 0 bridgehead atoms. The molecule has 0 saturated carbocycles. The zero-order valence-electron chi connectivity index (χ0n) is 7.62. The normalized spacial score (nSPS) is 10.1. The van der Waals surface area contributed by atoms with E-state index in [0.29, 0.717) is 10.1 Å². The summed E-state index contributed by atoms with van der Waals surface area (Å²) in [6.45, 7) is 1.80. The lowest BCUT2D eigenvalue weighted by molar-refractivity contribution is 1.05. The molecule has 0 radical (unpaired) electrons. The van der Waals surface area contributed by atoms with E-state index in [4.69, 9.17) is 23.8 Å². The molecule has 0 aliphatic rings. The van der Waals surface area contributed by atoms with Gasteiger partial charge >= 0.3 is 0 Å². The Hall–Kier alpha value is -1.13. The van der Waals surface area contributed by atoms with Gasteiger partial charge in [-0.05, 0) is 43.4 Å². The summed E-state index contributed by atoms with van der Waals surface area (Å²) >= 11 is 10.7. The Morgan fingerprint density at radius 2 is 2.07 bits per heavy atom. The summed E-state index contributed by atoms with van der Waals surface area (Å²) in [6.07, 6.45) is 1.62. The first-order chi connectivity index (χ1) is 6.72. The predicted molar refractivity (Wildman–Crippen MR) is 65.0 cm³/mol. The lowest BCUT2D eigenvalue weighted by atomic mass is 10.3. The highest BCUT2D eigenvalue weighted by atomic mass is 35.5. The van der Waals surface area contributed by atoms with Gasteiger partial charge in [-0.3, -0.25) is 5.43 Å². The molecule has 0 aliphatic heterocycles. The monoisotopic (exact) mass is 227 g/mol. The summed E-state index contributed by atoms with van der Waals surface area (Å²) in [7, 11) is 0. The second-order valence-electron chi connectivity index (χ2n) is 2.46. The van der Waals surface area contributed by atoms with Crippen LogP contribution in [0, 0.1) is 0 Å². The zero-order chi connectivity index (χ0) is 10.4. The van der Waals surface area contributed by atoms with Gasteiger partial charge < -0.3 is 5.32 Å². The van der Waals surface area contributed by atoms with Crippen molar-refractivity contribution < 1.29 is 0 Å². The van der Waals surface area contributed by atoms with Gasteiger partial charge in [-0.15, -0.1) is 0 Å². The number of nitrogens with zero attached hydrogens (tertiary/aromatic N) is 1. The smallest absolute Gasteiger partial charge is 0.191 e. The molecule has 0 heterocycles. The van der Waals surface area contributed by atoms with Crippen molar-refractivity contribution in [3.63, 3.8) is 0 Å². The molecule has 0 saturated heterocycles. The SMILES string of the molecule is CC=NNC(=S)Nc1ccc(Cl)cc1. The molecule has 14 heavy (non-hydrogen) atoms. The summed E-state index contributed by atoms with van der Waals surface area (Å²) in [6, 6.07) is 7.25. The molecule has 74 valence electrons. The van der Waals surface area contributed by atoms with E-state index in [1.165, 1.54) is 0 Å². The summed E-state index contributed by atoms with van der Waals surface area (Å²) in [5.41, 5.74) is 3.53. The van der Waals surface area contributed by atoms with Crippen molar-refractivity contribution in [1.29, 1.82) is 0 Å². The Morgan fingerprint density at radius 1 is 1.43 bits per heavy atom. The minimum atomic E-state index is 0.449. The van der Waals surface area contributed by atoms with E-state index in [0.717, 1.165) is 5.69 Å². The molecule has 3 nitrogen and oxygen atoms in total. The third-order valence-electron chi connectivity index (χ3n) is 1.40. The van der Waals surface area contributed by atoms with Gasteiger partial charge in [0.1, 0.15) is 0 Å². The van der Waals surface area contributed by atoms with Crippen LogP contribution in [-0.2, 0) is 0 Å². The molecule has 0 fully saturated rings. The predicted octanol–water partition coefficient (Wildman–Crippen LogP) is 2.63. The first-order valence-electron chi connectivity index (χ1n) is 4.02. The van der Waals surface area contributed by atoms with Crippen LogP contribution in [0.5, 0.6) is 0 Å². The highest BCUT2D eigenvalue weighted by molar-refractivity contribution is 7.80. The molecule has 5 heteroatoms. The van der Waals surface area contributed by atoms with Crippen LogP contribution in [0.1, 0.15) is 6.92 Å². The molecule has 0 spiro atoms. The lowest BCUT2D eigenvalue weighted by Gasteiger charge is -2.06. The fourth-order valence-corrected chi connectivity index (χ4v) is 1.11. The molecule has 1 aromatic rings. The molecular weight excluding hydrogens is 218 g/mol. The highest BCUT2D eigenvalue weighted by Gasteiger charge is 1.94. The average Bonchev–Trinajstić information content (AvgIpc) is 2.18. The van der Waals surface area contributed by atoms with Crippen molar-refractivity contribution in [2.75, 3.05) is 5.32 Å². The summed E-state index contributed by atoms with van der Waals surface area (Å²) in [5.74, 6) is 0. The van der Waals surface area contributed by atoms with Crippen molar-refractivity contribution in [3.05, 3.63) is 29.3 Å². The molecule has 2 N–H and O–H groups in total. The number of benzene rings is 1. The average molecular weight is 228 g/mol. The van der Waals surface area contributed by atoms with Crippen molar-refractivity contribution in [2.45, 2.75) is 6.92 Å². The largest absolute Gasteiger partial charge is 0.331 e. The van der Waals surface area contributed by atoms with Crippen molar-refractivity contribution in [1.82, 2.24) is 5.43 Å². The van der Waals surface area contributed by atoms with Crippen molar-refractivity contribution in [2.24, 2.45) is 5.10 Å². The Labute approximate surface area is 93.2 Å². The number of hydrazone groups is 1. The topological polar surface area (TPSA) is 36.4 Å². The molecule has 0 aliphatic carbocycles. The van der Waals surface area contributed by atoms with E-state index in [1.807, 2.05) is 12.1 Å². The molecule has 1 rings (SSSR count). The second-order valence-corrected chi connectivity index (χ2v) is 3.30. The number of anilines is 1. The fraction of sp³-hybridized carbons (Fsp3) is 0.111. The fourth-order valence-electron chi connectivity index (χ4n) is 0.815. The molecule has 0 unspecified atom stereocenters. The first kappa shape index (κ1) is 10.9. The van der Waals surface area contributed by atoms with Crippen LogP contribution in [0.4, 0.5) is 5.69 Å². The minimum absolute atomic E-state index is 0.449. The van der Waals surface area contributed by atoms with Crippen LogP contribution < -0.4 is 10.7 Å². The Morgan fingerprint density at radius 3 is 2.64 bits per heavy atom. The van der Waals surface area contributed by atoms with Crippen LogP contribution in [0.2, 0.25) is 5.02 Å². The molecule has 0 amide bonds. The number of thiocarbonyl (C=S) groups is 1. The van der Waals surface area contributed by atoms with Crippen LogP contribution in [-0.4, -0.2) is 11.3 Å². The number of hydrogen-bond acceptors (Lipinski definition) is 2. The lowest BCUT2D eigenvalue weighted by Crippen LogP contribution is -2.23. The van der Waals surface area contributed by atoms with Gasteiger partial charge in [-0.1, -0.05) is 11.6 Å². The van der Waals surface area contributed by atoms with Gasteiger partial charge in [0.15, 0.2) is 5.11 Å². The summed E-state index contributed by atoms with van der Waals surface area (Å²) in [4.78, 5) is 0. The Balaban J connectivity index is 2.52. The van der Waals surface area contributed by atoms with E-state index in [-0.39, 0.29) is 0 Å². The van der Waals surface area contributed by atoms with Gasteiger partial charge in [-0.25, -0.2) is 0 Å². The Bertz CT molecular complexity index is 334.